The van der Waals surface area contributed by atoms with E-state index in [9.17, 15) is 9.59 Å². The summed E-state index contributed by atoms with van der Waals surface area (Å²) < 4.78 is 0. The van der Waals surface area contributed by atoms with Crippen molar-refractivity contribution in [3.05, 3.63) is 35.4 Å². The molecule has 5 heteroatoms. The summed E-state index contributed by atoms with van der Waals surface area (Å²) in [7, 11) is 1.85. The van der Waals surface area contributed by atoms with Crippen LogP contribution in [0.5, 0.6) is 0 Å². The van der Waals surface area contributed by atoms with Crippen molar-refractivity contribution in [2.75, 3.05) is 33.2 Å². The summed E-state index contributed by atoms with van der Waals surface area (Å²) in [6.45, 7) is 5.19. The molecule has 0 spiro atoms. The summed E-state index contributed by atoms with van der Waals surface area (Å²) in [5.41, 5.74) is 2.01. The Bertz CT molecular complexity index is 576. The molecule has 5 nitrogen and oxygen atoms in total. The third-order valence-electron chi connectivity index (χ3n) is 5.05. The minimum Gasteiger partial charge on any atom is -0.338 e. The zero-order valence-corrected chi connectivity index (χ0v) is 14.0. The van der Waals surface area contributed by atoms with Gasteiger partial charge in [-0.1, -0.05) is 19.1 Å². The number of urea groups is 1. The molecule has 0 N–H and O–H groups in total. The molecule has 2 saturated heterocycles. The lowest BCUT2D eigenvalue weighted by Gasteiger charge is -2.36. The van der Waals surface area contributed by atoms with Crippen LogP contribution in [0.1, 0.15) is 35.7 Å². The zero-order chi connectivity index (χ0) is 16.4. The maximum Gasteiger partial charge on any atom is 0.320 e. The van der Waals surface area contributed by atoms with E-state index in [0.717, 1.165) is 51.0 Å². The Morgan fingerprint density at radius 2 is 1.74 bits per heavy atom. The van der Waals surface area contributed by atoms with Gasteiger partial charge in [0.2, 0.25) is 0 Å². The minimum atomic E-state index is 0.107. The van der Waals surface area contributed by atoms with Gasteiger partial charge >= 0.3 is 6.03 Å². The molecule has 0 bridgehead atoms. The first-order valence-electron chi connectivity index (χ1n) is 8.50. The zero-order valence-electron chi connectivity index (χ0n) is 14.0. The number of carbonyl (C=O) groups excluding carboxylic acids is 2. The lowest BCUT2D eigenvalue weighted by molar-refractivity contribution is 0.0664. The molecule has 1 aromatic carbocycles. The van der Waals surface area contributed by atoms with Crippen LogP contribution in [-0.4, -0.2) is 65.9 Å². The SMILES string of the molecule is CCc1ccc(C(=O)N2CCC(N3CCN(C)C3=O)CC2)cc1. The van der Waals surface area contributed by atoms with Gasteiger partial charge in [-0.25, -0.2) is 4.79 Å². The van der Waals surface area contributed by atoms with E-state index in [4.69, 9.17) is 0 Å². The van der Waals surface area contributed by atoms with Crippen LogP contribution in [0.2, 0.25) is 0 Å². The monoisotopic (exact) mass is 315 g/mol. The fourth-order valence-corrected chi connectivity index (χ4v) is 3.45. The number of piperidine rings is 1. The number of likely N-dealkylation sites (N-methyl/N-ethyl adjacent to an activating group) is 1. The number of aryl methyl sites for hydroxylation is 1. The number of hydrogen-bond acceptors (Lipinski definition) is 2. The highest BCUT2D eigenvalue weighted by Gasteiger charge is 2.34. The van der Waals surface area contributed by atoms with Crippen LogP contribution in [0.4, 0.5) is 4.79 Å². The average Bonchev–Trinajstić information content (AvgIpc) is 2.94. The molecule has 124 valence electrons. The fraction of sp³-hybridized carbons (Fsp3) is 0.556. The summed E-state index contributed by atoms with van der Waals surface area (Å²) in [6.07, 6.45) is 2.73. The van der Waals surface area contributed by atoms with E-state index in [2.05, 4.69) is 6.92 Å². The number of likely N-dealkylation sites (tertiary alicyclic amines) is 1. The Morgan fingerprint density at radius 3 is 2.26 bits per heavy atom. The van der Waals surface area contributed by atoms with E-state index in [-0.39, 0.29) is 18.0 Å². The summed E-state index contributed by atoms with van der Waals surface area (Å²) in [4.78, 5) is 30.3. The third kappa shape index (κ3) is 3.19. The maximum atomic E-state index is 12.6. The quantitative estimate of drug-likeness (QED) is 0.858. The fourth-order valence-electron chi connectivity index (χ4n) is 3.45. The summed E-state index contributed by atoms with van der Waals surface area (Å²) in [5.74, 6) is 0.107. The first-order chi connectivity index (χ1) is 11.1. The Kier molecular flexibility index (Phi) is 4.55. The van der Waals surface area contributed by atoms with Crippen LogP contribution in [0.3, 0.4) is 0 Å². The van der Waals surface area contributed by atoms with Crippen molar-refractivity contribution in [1.82, 2.24) is 14.7 Å². The molecular formula is C18H25N3O2. The standard InChI is InChI=1S/C18H25N3O2/c1-3-14-4-6-15(7-5-14)17(22)20-10-8-16(9-11-20)21-13-12-19(2)18(21)23/h4-7,16H,3,8-13H2,1-2H3. The molecule has 3 amide bonds. The number of amides is 3. The molecule has 1 aromatic rings. The van der Waals surface area contributed by atoms with Crippen molar-refractivity contribution in [1.29, 1.82) is 0 Å². The molecule has 2 heterocycles. The van der Waals surface area contributed by atoms with Crippen LogP contribution >= 0.6 is 0 Å². The number of rotatable bonds is 3. The summed E-state index contributed by atoms with van der Waals surface area (Å²) in [5, 5.41) is 0. The van der Waals surface area contributed by atoms with Gasteiger partial charge < -0.3 is 14.7 Å². The number of benzene rings is 1. The van der Waals surface area contributed by atoms with Crippen LogP contribution < -0.4 is 0 Å². The van der Waals surface area contributed by atoms with Crippen LogP contribution in [0.15, 0.2) is 24.3 Å². The van der Waals surface area contributed by atoms with Gasteiger partial charge in [0.15, 0.2) is 0 Å². The van der Waals surface area contributed by atoms with E-state index in [1.54, 1.807) is 4.90 Å². The number of hydrogen-bond donors (Lipinski definition) is 0. The van der Waals surface area contributed by atoms with Gasteiger partial charge in [0.25, 0.3) is 5.91 Å². The van der Waals surface area contributed by atoms with E-state index in [1.165, 1.54) is 5.56 Å². The van der Waals surface area contributed by atoms with Crippen molar-refractivity contribution in [3.8, 4) is 0 Å². The smallest absolute Gasteiger partial charge is 0.320 e. The van der Waals surface area contributed by atoms with E-state index < -0.39 is 0 Å². The van der Waals surface area contributed by atoms with Crippen molar-refractivity contribution >= 4 is 11.9 Å². The van der Waals surface area contributed by atoms with Gasteiger partial charge in [-0.15, -0.1) is 0 Å². The molecule has 3 rings (SSSR count). The van der Waals surface area contributed by atoms with Crippen LogP contribution in [0, 0.1) is 0 Å². The topological polar surface area (TPSA) is 43.9 Å². The van der Waals surface area contributed by atoms with E-state index in [1.807, 2.05) is 41.1 Å². The molecule has 23 heavy (non-hydrogen) atoms. The average molecular weight is 315 g/mol. The molecular weight excluding hydrogens is 290 g/mol. The Morgan fingerprint density at radius 1 is 1.09 bits per heavy atom. The molecule has 0 radical (unpaired) electrons. The van der Waals surface area contributed by atoms with Gasteiger partial charge in [-0.3, -0.25) is 4.79 Å². The molecule has 0 aliphatic carbocycles. The molecule has 0 atom stereocenters. The maximum absolute atomic E-state index is 12.6. The second-order valence-electron chi connectivity index (χ2n) is 6.47. The highest BCUT2D eigenvalue weighted by molar-refractivity contribution is 5.94. The molecule has 0 saturated carbocycles. The van der Waals surface area contributed by atoms with Gasteiger partial charge in [0, 0.05) is 44.8 Å². The molecule has 0 unspecified atom stereocenters. The highest BCUT2D eigenvalue weighted by atomic mass is 16.2. The predicted octanol–water partition coefficient (Wildman–Crippen LogP) is 2.22. The molecule has 2 aliphatic heterocycles. The lowest BCUT2D eigenvalue weighted by atomic mass is 10.0. The second kappa shape index (κ2) is 6.60. The van der Waals surface area contributed by atoms with Crippen LogP contribution in [-0.2, 0) is 6.42 Å². The first-order valence-corrected chi connectivity index (χ1v) is 8.50. The Hall–Kier alpha value is -2.04. The highest BCUT2D eigenvalue weighted by Crippen LogP contribution is 2.22. The normalized spacial score (nSPS) is 19.6. The number of nitrogens with zero attached hydrogens (tertiary/aromatic N) is 3. The van der Waals surface area contributed by atoms with Gasteiger partial charge in [-0.05, 0) is 37.0 Å². The van der Waals surface area contributed by atoms with Crippen LogP contribution in [0.25, 0.3) is 0 Å². The van der Waals surface area contributed by atoms with E-state index >= 15 is 0 Å². The molecule has 0 aromatic heterocycles. The largest absolute Gasteiger partial charge is 0.338 e. The first kappa shape index (κ1) is 15.8. The summed E-state index contributed by atoms with van der Waals surface area (Å²) in [6, 6.07) is 8.31. The minimum absolute atomic E-state index is 0.107. The van der Waals surface area contributed by atoms with Crippen molar-refractivity contribution in [2.45, 2.75) is 32.2 Å². The second-order valence-corrected chi connectivity index (χ2v) is 6.47. The Balaban J connectivity index is 1.58. The van der Waals surface area contributed by atoms with Crippen molar-refractivity contribution < 1.29 is 9.59 Å². The number of carbonyl (C=O) groups is 2. The van der Waals surface area contributed by atoms with Crippen molar-refractivity contribution in [3.63, 3.8) is 0 Å². The van der Waals surface area contributed by atoms with Gasteiger partial charge in [-0.2, -0.15) is 0 Å². The van der Waals surface area contributed by atoms with Gasteiger partial charge in [0.05, 0.1) is 0 Å². The lowest BCUT2D eigenvalue weighted by Crippen LogP contribution is -2.47. The Labute approximate surface area is 137 Å². The van der Waals surface area contributed by atoms with Gasteiger partial charge in [0.1, 0.15) is 0 Å². The molecule has 2 aliphatic rings. The van der Waals surface area contributed by atoms with E-state index in [0.29, 0.717) is 0 Å². The third-order valence-corrected chi connectivity index (χ3v) is 5.05. The summed E-state index contributed by atoms with van der Waals surface area (Å²) >= 11 is 0. The predicted molar refractivity (Wildman–Crippen MR) is 89.5 cm³/mol. The van der Waals surface area contributed by atoms with Crippen molar-refractivity contribution in [2.24, 2.45) is 0 Å². The molecule has 2 fully saturated rings.